The van der Waals surface area contributed by atoms with Gasteiger partial charge in [-0.25, -0.2) is 13.1 Å². The third kappa shape index (κ3) is 4.97. The summed E-state index contributed by atoms with van der Waals surface area (Å²) >= 11 is 2.80. The van der Waals surface area contributed by atoms with Crippen LogP contribution in [0.5, 0.6) is 5.75 Å². The Kier molecular flexibility index (Phi) is 6.33. The van der Waals surface area contributed by atoms with Crippen molar-refractivity contribution < 1.29 is 18.3 Å². The Morgan fingerprint density at radius 1 is 1.04 bits per heavy atom. The van der Waals surface area contributed by atoms with Crippen molar-refractivity contribution in [3.63, 3.8) is 0 Å². The number of ether oxygens (including phenoxy) is 1. The van der Waals surface area contributed by atoms with Gasteiger partial charge < -0.3 is 9.84 Å². The quantitative estimate of drug-likeness (QED) is 0.554. The number of nitrogens with one attached hydrogen (secondary N) is 1. The van der Waals surface area contributed by atoms with Gasteiger partial charge in [-0.05, 0) is 47.0 Å². The number of hydrogen-bond donors (Lipinski definition) is 2. The Bertz CT molecular complexity index is 899. The smallest absolute Gasteiger partial charge is 0.212 e. The van der Waals surface area contributed by atoms with Gasteiger partial charge in [-0.3, -0.25) is 0 Å². The van der Waals surface area contributed by atoms with Crippen molar-refractivity contribution in [1.29, 1.82) is 0 Å². The summed E-state index contributed by atoms with van der Waals surface area (Å²) in [6.07, 6.45) is 0.385. The standard InChI is InChI=1S/C19H21NO4S3/c1-24-16-8-6-15(7-9-16)10-13-27(22,23)20-14-19(21,17-4-2-11-25-17)18-5-3-12-26-18/h2-9,11-12,20-21H,10,13-14H2,1H3. The zero-order chi connectivity index (χ0) is 19.3. The van der Waals surface area contributed by atoms with E-state index in [2.05, 4.69) is 4.72 Å². The van der Waals surface area contributed by atoms with E-state index in [0.717, 1.165) is 11.3 Å². The lowest BCUT2D eigenvalue weighted by Gasteiger charge is -2.26. The lowest BCUT2D eigenvalue weighted by atomic mass is 10.0. The summed E-state index contributed by atoms with van der Waals surface area (Å²) in [5, 5.41) is 15.0. The van der Waals surface area contributed by atoms with Crippen molar-refractivity contribution in [1.82, 2.24) is 4.72 Å². The first-order valence-electron chi connectivity index (χ1n) is 8.33. The van der Waals surface area contributed by atoms with Crippen molar-refractivity contribution >= 4 is 32.7 Å². The molecule has 5 nitrogen and oxygen atoms in total. The van der Waals surface area contributed by atoms with Crippen LogP contribution in [0.1, 0.15) is 15.3 Å². The molecular formula is C19H21NO4S3. The SMILES string of the molecule is COc1ccc(CCS(=O)(=O)NCC(O)(c2cccs2)c2cccs2)cc1. The van der Waals surface area contributed by atoms with Crippen molar-refractivity contribution in [2.24, 2.45) is 0 Å². The number of benzene rings is 1. The monoisotopic (exact) mass is 423 g/mol. The zero-order valence-electron chi connectivity index (χ0n) is 14.8. The molecule has 27 heavy (non-hydrogen) atoms. The van der Waals surface area contributed by atoms with Gasteiger partial charge in [0.1, 0.15) is 11.4 Å². The molecule has 0 atom stereocenters. The van der Waals surface area contributed by atoms with Gasteiger partial charge in [-0.15, -0.1) is 22.7 Å². The fourth-order valence-corrected chi connectivity index (χ4v) is 5.47. The number of aliphatic hydroxyl groups is 1. The predicted molar refractivity (Wildman–Crippen MR) is 110 cm³/mol. The fraction of sp³-hybridized carbons (Fsp3) is 0.263. The molecule has 2 N–H and O–H groups in total. The van der Waals surface area contributed by atoms with Crippen molar-refractivity contribution in [2.45, 2.75) is 12.0 Å². The first-order valence-corrected chi connectivity index (χ1v) is 11.7. The number of aryl methyl sites for hydroxylation is 1. The van der Waals surface area contributed by atoms with Crippen LogP contribution in [0.4, 0.5) is 0 Å². The van der Waals surface area contributed by atoms with Crippen LogP contribution in [-0.4, -0.2) is 32.9 Å². The third-order valence-corrected chi connectivity index (χ3v) is 7.59. The molecule has 3 rings (SSSR count). The predicted octanol–water partition coefficient (Wildman–Crippen LogP) is 3.22. The molecule has 0 saturated carbocycles. The molecule has 0 spiro atoms. The Morgan fingerprint density at radius 3 is 2.11 bits per heavy atom. The van der Waals surface area contributed by atoms with Crippen molar-refractivity contribution in [2.75, 3.05) is 19.4 Å². The second kappa shape index (κ2) is 8.53. The molecule has 2 aromatic heterocycles. The summed E-state index contributed by atoms with van der Waals surface area (Å²) < 4.78 is 32.6. The Balaban J connectivity index is 1.67. The Labute approximate surface area is 167 Å². The number of sulfonamides is 1. The van der Waals surface area contributed by atoms with E-state index in [0.29, 0.717) is 16.2 Å². The van der Waals surface area contributed by atoms with Gasteiger partial charge in [-0.1, -0.05) is 24.3 Å². The maximum Gasteiger partial charge on any atom is 0.212 e. The molecule has 0 radical (unpaired) electrons. The van der Waals surface area contributed by atoms with Gasteiger partial charge >= 0.3 is 0 Å². The van der Waals surface area contributed by atoms with Gasteiger partial charge in [0.25, 0.3) is 0 Å². The minimum atomic E-state index is -3.54. The molecule has 0 aliphatic carbocycles. The van der Waals surface area contributed by atoms with E-state index in [4.69, 9.17) is 4.74 Å². The lowest BCUT2D eigenvalue weighted by Crippen LogP contribution is -2.41. The highest BCUT2D eigenvalue weighted by Gasteiger charge is 2.35. The minimum absolute atomic E-state index is 0.0513. The van der Waals surface area contributed by atoms with Crippen LogP contribution in [0.3, 0.4) is 0 Å². The largest absolute Gasteiger partial charge is 0.497 e. The zero-order valence-corrected chi connectivity index (χ0v) is 17.2. The third-order valence-electron chi connectivity index (χ3n) is 4.22. The van der Waals surface area contributed by atoms with E-state index in [1.807, 2.05) is 59.3 Å². The van der Waals surface area contributed by atoms with Gasteiger partial charge in [-0.2, -0.15) is 0 Å². The van der Waals surface area contributed by atoms with Crippen LogP contribution < -0.4 is 9.46 Å². The molecule has 1 aromatic carbocycles. The van der Waals surface area contributed by atoms with E-state index in [-0.39, 0.29) is 12.3 Å². The molecule has 0 aliphatic heterocycles. The topological polar surface area (TPSA) is 75.6 Å². The highest BCUT2D eigenvalue weighted by molar-refractivity contribution is 7.89. The number of thiophene rings is 2. The highest BCUT2D eigenvalue weighted by atomic mass is 32.2. The number of hydrogen-bond acceptors (Lipinski definition) is 6. The molecule has 2 heterocycles. The van der Waals surface area contributed by atoms with Crippen molar-refractivity contribution in [3.05, 3.63) is 74.6 Å². The normalized spacial score (nSPS) is 12.2. The van der Waals surface area contributed by atoms with E-state index >= 15 is 0 Å². The van der Waals surface area contributed by atoms with E-state index in [9.17, 15) is 13.5 Å². The summed E-state index contributed by atoms with van der Waals surface area (Å²) in [5.74, 6) is 0.682. The number of methoxy groups -OCH3 is 1. The Hall–Kier alpha value is -1.71. The average molecular weight is 424 g/mol. The molecule has 0 amide bonds. The van der Waals surface area contributed by atoms with Crippen molar-refractivity contribution in [3.8, 4) is 5.75 Å². The summed E-state index contributed by atoms with van der Waals surface area (Å²) in [5.41, 5.74) is -0.455. The first kappa shape index (κ1) is 20.0. The van der Waals surface area contributed by atoms with Gasteiger partial charge in [0.05, 0.1) is 12.9 Å². The summed E-state index contributed by atoms with van der Waals surface area (Å²) in [6.45, 7) is -0.0982. The maximum absolute atomic E-state index is 12.5. The molecule has 8 heteroatoms. The van der Waals surface area contributed by atoms with Crippen LogP contribution in [-0.2, 0) is 22.0 Å². The summed E-state index contributed by atoms with van der Waals surface area (Å²) in [6, 6.07) is 14.6. The summed E-state index contributed by atoms with van der Waals surface area (Å²) in [4.78, 5) is 1.42. The highest BCUT2D eigenvalue weighted by Crippen LogP contribution is 2.35. The van der Waals surface area contributed by atoms with Crippen LogP contribution in [0.25, 0.3) is 0 Å². The minimum Gasteiger partial charge on any atom is -0.497 e. The molecule has 0 unspecified atom stereocenters. The molecule has 0 bridgehead atoms. The lowest BCUT2D eigenvalue weighted by molar-refractivity contribution is 0.0937. The molecule has 0 fully saturated rings. The maximum atomic E-state index is 12.5. The second-order valence-electron chi connectivity index (χ2n) is 6.05. The van der Waals surface area contributed by atoms with Gasteiger partial charge in [0.2, 0.25) is 10.0 Å². The summed E-state index contributed by atoms with van der Waals surface area (Å²) in [7, 11) is -1.95. The van der Waals surface area contributed by atoms with Crippen LogP contribution >= 0.6 is 22.7 Å². The molecule has 0 aliphatic rings. The van der Waals surface area contributed by atoms with E-state index in [1.165, 1.54) is 22.7 Å². The average Bonchev–Trinajstić information content (AvgIpc) is 3.39. The first-order chi connectivity index (χ1) is 12.9. The molecule has 3 aromatic rings. The van der Waals surface area contributed by atoms with E-state index < -0.39 is 15.6 Å². The van der Waals surface area contributed by atoms with E-state index in [1.54, 1.807) is 7.11 Å². The molecule has 144 valence electrons. The van der Waals surface area contributed by atoms with Crippen LogP contribution in [0, 0.1) is 0 Å². The fourth-order valence-electron chi connectivity index (χ4n) is 2.65. The van der Waals surface area contributed by atoms with Gasteiger partial charge in [0, 0.05) is 16.3 Å². The molecular weight excluding hydrogens is 402 g/mol. The Morgan fingerprint density at radius 2 is 1.63 bits per heavy atom. The van der Waals surface area contributed by atoms with Gasteiger partial charge in [0.15, 0.2) is 0 Å². The molecule has 0 saturated heterocycles. The van der Waals surface area contributed by atoms with Crippen LogP contribution in [0.2, 0.25) is 0 Å². The number of rotatable bonds is 9. The second-order valence-corrected chi connectivity index (χ2v) is 9.87. The van der Waals surface area contributed by atoms with Crippen LogP contribution in [0.15, 0.2) is 59.3 Å².